The van der Waals surface area contributed by atoms with Crippen LogP contribution in [0.15, 0.2) is 47.4 Å². The van der Waals surface area contributed by atoms with Crippen LogP contribution in [0.4, 0.5) is 0 Å². The van der Waals surface area contributed by atoms with Gasteiger partial charge in [0.25, 0.3) is 5.91 Å². The van der Waals surface area contributed by atoms with E-state index in [2.05, 4.69) is 0 Å². The fourth-order valence-electron chi connectivity index (χ4n) is 2.44. The summed E-state index contributed by atoms with van der Waals surface area (Å²) >= 11 is 0. The van der Waals surface area contributed by atoms with Crippen LogP contribution in [0.3, 0.4) is 0 Å². The van der Waals surface area contributed by atoms with Crippen molar-refractivity contribution in [1.82, 2.24) is 4.90 Å². The molecule has 2 aromatic rings. The van der Waals surface area contributed by atoms with Crippen LogP contribution in [-0.4, -0.2) is 38.4 Å². The van der Waals surface area contributed by atoms with Gasteiger partial charge in [0.2, 0.25) is 5.91 Å². The zero-order chi connectivity index (χ0) is 18.8. The molecular formula is C18H20N2O4S. The Kier molecular flexibility index (Phi) is 5.27. The highest BCUT2D eigenvalue weighted by Gasteiger charge is 2.18. The second-order valence-corrected chi connectivity index (χ2v) is 7.99. The van der Waals surface area contributed by atoms with Crippen molar-refractivity contribution in [3.8, 4) is 0 Å². The first kappa shape index (κ1) is 18.7. The largest absolute Gasteiger partial charge is 0.366 e. The first-order valence-electron chi connectivity index (χ1n) is 7.54. The Balaban J connectivity index is 2.29. The molecule has 25 heavy (non-hydrogen) atoms. The minimum Gasteiger partial charge on any atom is -0.366 e. The smallest absolute Gasteiger partial charge is 0.254 e. The number of sulfone groups is 1. The number of carbonyl (C=O) groups is 2. The number of hydrogen-bond acceptors (Lipinski definition) is 4. The Morgan fingerprint density at radius 3 is 2.40 bits per heavy atom. The van der Waals surface area contributed by atoms with Crippen molar-refractivity contribution in [1.29, 1.82) is 0 Å². The Morgan fingerprint density at radius 2 is 1.80 bits per heavy atom. The van der Waals surface area contributed by atoms with Crippen LogP contribution in [0.25, 0.3) is 0 Å². The third-order valence-corrected chi connectivity index (χ3v) is 4.96. The van der Waals surface area contributed by atoms with E-state index in [0.717, 1.165) is 11.8 Å². The van der Waals surface area contributed by atoms with Gasteiger partial charge in [0.05, 0.1) is 4.90 Å². The van der Waals surface area contributed by atoms with Crippen LogP contribution in [0.2, 0.25) is 0 Å². The summed E-state index contributed by atoms with van der Waals surface area (Å²) in [5, 5.41) is 0. The molecule has 2 N–H and O–H groups in total. The van der Waals surface area contributed by atoms with Gasteiger partial charge in [0.15, 0.2) is 9.84 Å². The van der Waals surface area contributed by atoms with E-state index in [1.54, 1.807) is 44.3 Å². The number of primary amides is 1. The predicted molar refractivity (Wildman–Crippen MR) is 95.0 cm³/mol. The van der Waals surface area contributed by atoms with Crippen LogP contribution in [-0.2, 0) is 16.4 Å². The number of benzene rings is 2. The van der Waals surface area contributed by atoms with Gasteiger partial charge >= 0.3 is 0 Å². The Morgan fingerprint density at radius 1 is 1.12 bits per heavy atom. The van der Waals surface area contributed by atoms with Gasteiger partial charge in [-0.3, -0.25) is 9.59 Å². The second-order valence-electron chi connectivity index (χ2n) is 5.97. The number of nitrogens with zero attached hydrogens (tertiary/aromatic N) is 1. The summed E-state index contributed by atoms with van der Waals surface area (Å²) in [6.07, 6.45) is 1.10. The zero-order valence-electron chi connectivity index (χ0n) is 14.3. The molecule has 0 radical (unpaired) electrons. The quantitative estimate of drug-likeness (QED) is 0.878. The maximum absolute atomic E-state index is 12.7. The molecule has 6 nitrogen and oxygen atoms in total. The van der Waals surface area contributed by atoms with E-state index in [9.17, 15) is 18.0 Å². The summed E-state index contributed by atoms with van der Waals surface area (Å²) in [5.74, 6) is -0.833. The Labute approximate surface area is 147 Å². The molecule has 0 aliphatic rings. The van der Waals surface area contributed by atoms with Crippen LogP contribution >= 0.6 is 0 Å². The first-order valence-corrected chi connectivity index (χ1v) is 9.43. The molecule has 0 heterocycles. The fourth-order valence-corrected chi connectivity index (χ4v) is 3.08. The standard InChI is InChI=1S/C18H20N2O4S/c1-12-7-8-15(25(3,23)24)10-16(12)18(22)20(2)11-13-5-4-6-14(9-13)17(19)21/h4-10H,11H2,1-3H3,(H2,19,21). The lowest BCUT2D eigenvalue weighted by Crippen LogP contribution is -2.27. The summed E-state index contributed by atoms with van der Waals surface area (Å²) in [5.41, 5.74) is 7.41. The Bertz CT molecular complexity index is 936. The van der Waals surface area contributed by atoms with Gasteiger partial charge in [-0.25, -0.2) is 8.42 Å². The van der Waals surface area contributed by atoms with Crippen molar-refractivity contribution in [2.24, 2.45) is 5.73 Å². The maximum atomic E-state index is 12.7. The third-order valence-electron chi connectivity index (χ3n) is 3.85. The molecule has 0 saturated carbocycles. The first-order chi connectivity index (χ1) is 11.6. The van der Waals surface area contributed by atoms with Crippen LogP contribution < -0.4 is 5.73 Å². The molecule has 0 spiro atoms. The third kappa shape index (κ3) is 4.45. The summed E-state index contributed by atoms with van der Waals surface area (Å²) in [6, 6.07) is 11.2. The van der Waals surface area contributed by atoms with Gasteiger partial charge in [0, 0.05) is 31.0 Å². The molecule has 2 rings (SSSR count). The lowest BCUT2D eigenvalue weighted by atomic mass is 10.1. The SMILES string of the molecule is Cc1ccc(S(C)(=O)=O)cc1C(=O)N(C)Cc1cccc(C(N)=O)c1. The lowest BCUT2D eigenvalue weighted by Gasteiger charge is -2.19. The molecule has 0 unspecified atom stereocenters. The van der Waals surface area contributed by atoms with E-state index in [1.807, 2.05) is 0 Å². The van der Waals surface area contributed by atoms with Gasteiger partial charge in [-0.1, -0.05) is 18.2 Å². The number of carbonyl (C=O) groups excluding carboxylic acids is 2. The summed E-state index contributed by atoms with van der Waals surface area (Å²) in [4.78, 5) is 25.5. The number of aryl methyl sites for hydroxylation is 1. The van der Waals surface area contributed by atoms with E-state index in [0.29, 0.717) is 16.7 Å². The normalized spacial score (nSPS) is 11.2. The molecule has 7 heteroatoms. The van der Waals surface area contributed by atoms with E-state index in [1.165, 1.54) is 17.0 Å². The van der Waals surface area contributed by atoms with Gasteiger partial charge in [0.1, 0.15) is 0 Å². The molecule has 0 aliphatic heterocycles. The van der Waals surface area contributed by atoms with E-state index in [-0.39, 0.29) is 17.3 Å². The molecule has 0 atom stereocenters. The lowest BCUT2D eigenvalue weighted by molar-refractivity contribution is 0.0784. The van der Waals surface area contributed by atoms with Gasteiger partial charge in [-0.05, 0) is 42.3 Å². The molecule has 0 fully saturated rings. The van der Waals surface area contributed by atoms with Crippen molar-refractivity contribution in [2.45, 2.75) is 18.4 Å². The minimum atomic E-state index is -3.40. The Hall–Kier alpha value is -2.67. The summed E-state index contributed by atoms with van der Waals surface area (Å²) < 4.78 is 23.4. The van der Waals surface area contributed by atoms with Crippen LogP contribution in [0.1, 0.15) is 31.8 Å². The average molecular weight is 360 g/mol. The molecule has 0 aromatic heterocycles. The predicted octanol–water partition coefficient (Wildman–Crippen LogP) is 1.77. The van der Waals surface area contributed by atoms with Crippen molar-refractivity contribution in [3.05, 3.63) is 64.7 Å². The summed E-state index contributed by atoms with van der Waals surface area (Å²) in [7, 11) is -1.78. The van der Waals surface area contributed by atoms with Crippen molar-refractivity contribution in [3.63, 3.8) is 0 Å². The highest BCUT2D eigenvalue weighted by Crippen LogP contribution is 2.18. The highest BCUT2D eigenvalue weighted by molar-refractivity contribution is 7.90. The molecule has 0 saturated heterocycles. The fraction of sp³-hybridized carbons (Fsp3) is 0.222. The number of nitrogens with two attached hydrogens (primary N) is 1. The number of hydrogen-bond donors (Lipinski definition) is 1. The highest BCUT2D eigenvalue weighted by atomic mass is 32.2. The van der Waals surface area contributed by atoms with Crippen molar-refractivity contribution in [2.75, 3.05) is 13.3 Å². The van der Waals surface area contributed by atoms with Gasteiger partial charge in [-0.15, -0.1) is 0 Å². The molecule has 132 valence electrons. The van der Waals surface area contributed by atoms with Crippen molar-refractivity contribution >= 4 is 21.7 Å². The van der Waals surface area contributed by atoms with Gasteiger partial charge < -0.3 is 10.6 Å². The zero-order valence-corrected chi connectivity index (χ0v) is 15.1. The number of rotatable bonds is 5. The molecule has 2 aromatic carbocycles. The maximum Gasteiger partial charge on any atom is 0.254 e. The van der Waals surface area contributed by atoms with Crippen LogP contribution in [0, 0.1) is 6.92 Å². The van der Waals surface area contributed by atoms with E-state index < -0.39 is 15.7 Å². The topological polar surface area (TPSA) is 97.5 Å². The monoisotopic (exact) mass is 360 g/mol. The van der Waals surface area contributed by atoms with Crippen LogP contribution in [0.5, 0.6) is 0 Å². The molecular weight excluding hydrogens is 340 g/mol. The summed E-state index contributed by atoms with van der Waals surface area (Å²) in [6.45, 7) is 2.02. The van der Waals surface area contributed by atoms with E-state index >= 15 is 0 Å². The second kappa shape index (κ2) is 7.06. The van der Waals surface area contributed by atoms with Gasteiger partial charge in [-0.2, -0.15) is 0 Å². The molecule has 0 aliphatic carbocycles. The molecule has 2 amide bonds. The van der Waals surface area contributed by atoms with E-state index in [4.69, 9.17) is 5.73 Å². The van der Waals surface area contributed by atoms with Crippen molar-refractivity contribution < 1.29 is 18.0 Å². The minimum absolute atomic E-state index is 0.102. The number of amides is 2. The average Bonchev–Trinajstić information content (AvgIpc) is 2.53. The molecule has 0 bridgehead atoms.